The van der Waals surface area contributed by atoms with Gasteiger partial charge in [0, 0.05) is 61.1 Å². The Kier molecular flexibility index (Phi) is 8.96. The minimum atomic E-state index is 0.0434. The predicted molar refractivity (Wildman–Crippen MR) is 155 cm³/mol. The number of fused-ring (bicyclic) bond motifs is 1. The van der Waals surface area contributed by atoms with Crippen LogP contribution < -0.4 is 10.2 Å². The van der Waals surface area contributed by atoms with Gasteiger partial charge in [-0.3, -0.25) is 9.69 Å². The monoisotopic (exact) mass is 573 g/mol. The number of amides is 1. The average Bonchev–Trinajstić information content (AvgIpc) is 2.96. The molecule has 0 bridgehead atoms. The third kappa shape index (κ3) is 6.95. The molecule has 1 aromatic heterocycles. The number of halogens is 1. The number of nitrogens with zero attached hydrogens (tertiary/aromatic N) is 4. The number of benzene rings is 3. The third-order valence-corrected chi connectivity index (χ3v) is 7.14. The Hall–Kier alpha value is -3.33. The highest BCUT2D eigenvalue weighted by Gasteiger charge is 2.18. The van der Waals surface area contributed by atoms with Crippen molar-refractivity contribution >= 4 is 38.6 Å². The van der Waals surface area contributed by atoms with E-state index in [4.69, 9.17) is 14.7 Å². The fourth-order valence-corrected chi connectivity index (χ4v) is 5.02. The molecule has 1 saturated heterocycles. The molecule has 1 N–H and O–H groups in total. The lowest BCUT2D eigenvalue weighted by Crippen LogP contribution is -2.41. The summed E-state index contributed by atoms with van der Waals surface area (Å²) in [7, 11) is 0. The van der Waals surface area contributed by atoms with Gasteiger partial charge in [-0.2, -0.15) is 0 Å². The molecule has 38 heavy (non-hydrogen) atoms. The van der Waals surface area contributed by atoms with Gasteiger partial charge >= 0.3 is 0 Å². The van der Waals surface area contributed by atoms with E-state index >= 15 is 0 Å². The molecule has 0 unspecified atom stereocenters. The third-order valence-electron chi connectivity index (χ3n) is 6.64. The SMILES string of the molecule is O=C(CCN(Cc1ccccc1)c1nc(-c2cccc(Br)c2)nc2ccccc12)NCCN1CCOCC1. The molecule has 5 rings (SSSR count). The molecular formula is C30H32BrN5O2. The van der Waals surface area contributed by atoms with Crippen LogP contribution in [0.1, 0.15) is 12.0 Å². The molecule has 1 amide bonds. The van der Waals surface area contributed by atoms with E-state index < -0.39 is 0 Å². The molecule has 7 nitrogen and oxygen atoms in total. The van der Waals surface area contributed by atoms with Gasteiger partial charge < -0.3 is 15.0 Å². The van der Waals surface area contributed by atoms with Crippen molar-refractivity contribution in [1.82, 2.24) is 20.2 Å². The van der Waals surface area contributed by atoms with Crippen LogP contribution in [0.2, 0.25) is 0 Å². The van der Waals surface area contributed by atoms with Crippen LogP contribution in [-0.4, -0.2) is 66.7 Å². The van der Waals surface area contributed by atoms with Crippen LogP contribution in [0.3, 0.4) is 0 Å². The zero-order valence-corrected chi connectivity index (χ0v) is 22.9. The predicted octanol–water partition coefficient (Wildman–Crippen LogP) is 4.90. The number of nitrogens with one attached hydrogen (secondary N) is 1. The van der Waals surface area contributed by atoms with Crippen LogP contribution in [0.4, 0.5) is 5.82 Å². The highest BCUT2D eigenvalue weighted by molar-refractivity contribution is 9.10. The molecule has 0 spiro atoms. The zero-order chi connectivity index (χ0) is 26.2. The van der Waals surface area contributed by atoms with Crippen LogP contribution >= 0.6 is 15.9 Å². The smallest absolute Gasteiger partial charge is 0.221 e. The Morgan fingerprint density at radius 2 is 1.76 bits per heavy atom. The van der Waals surface area contributed by atoms with Crippen LogP contribution in [0.25, 0.3) is 22.3 Å². The van der Waals surface area contributed by atoms with E-state index in [1.165, 1.54) is 0 Å². The highest BCUT2D eigenvalue weighted by atomic mass is 79.9. The summed E-state index contributed by atoms with van der Waals surface area (Å²) in [5, 5.41) is 4.06. The number of para-hydroxylation sites is 1. The zero-order valence-electron chi connectivity index (χ0n) is 21.4. The van der Waals surface area contributed by atoms with Crippen molar-refractivity contribution in [1.29, 1.82) is 0 Å². The first-order valence-electron chi connectivity index (χ1n) is 13.0. The number of ether oxygens (including phenoxy) is 1. The summed E-state index contributed by atoms with van der Waals surface area (Å²) in [5.74, 6) is 1.53. The van der Waals surface area contributed by atoms with Gasteiger partial charge in [-0.15, -0.1) is 0 Å². The molecule has 0 atom stereocenters. The molecule has 8 heteroatoms. The fourth-order valence-electron chi connectivity index (χ4n) is 4.62. The number of morpholine rings is 1. The molecule has 4 aromatic rings. The van der Waals surface area contributed by atoms with E-state index in [1.807, 2.05) is 60.7 Å². The van der Waals surface area contributed by atoms with Crippen LogP contribution in [0.15, 0.2) is 83.3 Å². The molecule has 1 aliphatic heterocycles. The standard InChI is InChI=1S/C30H32BrN5O2/c31-25-10-6-9-24(21-25)29-33-27-12-5-4-11-26(27)30(34-29)36(22-23-7-2-1-3-8-23)15-13-28(37)32-14-16-35-17-19-38-20-18-35/h1-12,21H,13-20,22H2,(H,32,37). The number of carbonyl (C=O) groups excluding carboxylic acids is 1. The van der Waals surface area contributed by atoms with Gasteiger partial charge in [0.05, 0.1) is 18.7 Å². The van der Waals surface area contributed by atoms with Crippen molar-refractivity contribution < 1.29 is 9.53 Å². The number of hydrogen-bond donors (Lipinski definition) is 1. The van der Waals surface area contributed by atoms with Gasteiger partial charge in [-0.25, -0.2) is 9.97 Å². The van der Waals surface area contributed by atoms with Crippen molar-refractivity contribution in [2.24, 2.45) is 0 Å². The Bertz CT molecular complexity index is 1360. The van der Waals surface area contributed by atoms with E-state index in [1.54, 1.807) is 0 Å². The number of hydrogen-bond acceptors (Lipinski definition) is 6. The van der Waals surface area contributed by atoms with Gasteiger partial charge in [0.1, 0.15) is 5.82 Å². The second kappa shape index (κ2) is 13.0. The van der Waals surface area contributed by atoms with Crippen LogP contribution in [0.5, 0.6) is 0 Å². The van der Waals surface area contributed by atoms with Crippen molar-refractivity contribution in [2.45, 2.75) is 13.0 Å². The fraction of sp³-hybridized carbons (Fsp3) is 0.300. The summed E-state index contributed by atoms with van der Waals surface area (Å²) in [6.45, 7) is 6.02. The topological polar surface area (TPSA) is 70.6 Å². The number of rotatable bonds is 10. The lowest BCUT2D eigenvalue weighted by atomic mass is 10.1. The van der Waals surface area contributed by atoms with Gasteiger partial charge in [0.15, 0.2) is 5.82 Å². The van der Waals surface area contributed by atoms with Crippen molar-refractivity contribution in [2.75, 3.05) is 50.8 Å². The minimum absolute atomic E-state index is 0.0434. The van der Waals surface area contributed by atoms with E-state index in [2.05, 4.69) is 49.2 Å². The van der Waals surface area contributed by atoms with Crippen LogP contribution in [-0.2, 0) is 16.1 Å². The molecule has 0 aliphatic carbocycles. The molecule has 196 valence electrons. The molecule has 2 heterocycles. The molecule has 1 fully saturated rings. The molecule has 0 saturated carbocycles. The Morgan fingerprint density at radius 1 is 0.974 bits per heavy atom. The minimum Gasteiger partial charge on any atom is -0.379 e. The summed E-state index contributed by atoms with van der Waals surface area (Å²) in [6, 6.07) is 26.4. The first-order valence-corrected chi connectivity index (χ1v) is 13.8. The first kappa shape index (κ1) is 26.3. The quantitative estimate of drug-likeness (QED) is 0.291. The normalized spacial score (nSPS) is 13.9. The Morgan fingerprint density at radius 3 is 2.58 bits per heavy atom. The summed E-state index contributed by atoms with van der Waals surface area (Å²) in [4.78, 5) is 27.3. The van der Waals surface area contributed by atoms with Gasteiger partial charge in [-0.1, -0.05) is 70.5 Å². The summed E-state index contributed by atoms with van der Waals surface area (Å²) >= 11 is 3.57. The largest absolute Gasteiger partial charge is 0.379 e. The van der Waals surface area contributed by atoms with E-state index in [0.29, 0.717) is 31.9 Å². The summed E-state index contributed by atoms with van der Waals surface area (Å²) in [6.07, 6.45) is 0.375. The van der Waals surface area contributed by atoms with E-state index in [0.717, 1.165) is 65.2 Å². The van der Waals surface area contributed by atoms with Crippen molar-refractivity contribution in [3.63, 3.8) is 0 Å². The van der Waals surface area contributed by atoms with Crippen molar-refractivity contribution in [3.8, 4) is 11.4 Å². The van der Waals surface area contributed by atoms with Crippen molar-refractivity contribution in [3.05, 3.63) is 88.9 Å². The highest BCUT2D eigenvalue weighted by Crippen LogP contribution is 2.29. The molecule has 0 radical (unpaired) electrons. The van der Waals surface area contributed by atoms with E-state index in [9.17, 15) is 4.79 Å². The second-order valence-electron chi connectivity index (χ2n) is 9.36. The maximum Gasteiger partial charge on any atom is 0.221 e. The first-order chi connectivity index (χ1) is 18.7. The van der Waals surface area contributed by atoms with Gasteiger partial charge in [0.2, 0.25) is 5.91 Å². The Labute approximate surface area is 232 Å². The maximum atomic E-state index is 12.8. The van der Waals surface area contributed by atoms with E-state index in [-0.39, 0.29) is 5.91 Å². The summed E-state index contributed by atoms with van der Waals surface area (Å²) < 4.78 is 6.38. The molecule has 1 aliphatic rings. The molecule has 3 aromatic carbocycles. The maximum absolute atomic E-state index is 12.8. The average molecular weight is 575 g/mol. The second-order valence-corrected chi connectivity index (χ2v) is 10.3. The van der Waals surface area contributed by atoms with Gasteiger partial charge in [0.25, 0.3) is 0 Å². The lowest BCUT2D eigenvalue weighted by molar-refractivity contribution is -0.121. The summed E-state index contributed by atoms with van der Waals surface area (Å²) in [5.41, 5.74) is 2.97. The number of anilines is 1. The number of aromatic nitrogens is 2. The lowest BCUT2D eigenvalue weighted by Gasteiger charge is -2.27. The Balaban J connectivity index is 1.38. The van der Waals surface area contributed by atoms with Gasteiger partial charge in [-0.05, 0) is 29.8 Å². The van der Waals surface area contributed by atoms with Crippen LogP contribution in [0, 0.1) is 0 Å². The molecular weight excluding hydrogens is 542 g/mol. The number of carbonyl (C=O) groups is 1.